The van der Waals surface area contributed by atoms with Crippen LogP contribution in [0.15, 0.2) is 54.1 Å². The van der Waals surface area contributed by atoms with E-state index in [0.29, 0.717) is 10.5 Å². The van der Waals surface area contributed by atoms with Crippen LogP contribution in [0.3, 0.4) is 0 Å². The Labute approximate surface area is 233 Å². The third-order valence-corrected chi connectivity index (χ3v) is 9.31. The lowest BCUT2D eigenvalue weighted by molar-refractivity contribution is -0.138. The minimum atomic E-state index is -1.31. The second-order valence-corrected chi connectivity index (χ2v) is 11.2. The molecule has 6 rings (SSSR count). The van der Waals surface area contributed by atoms with E-state index in [1.165, 1.54) is 24.3 Å². The molecule has 4 aliphatic rings. The number of imide groups is 4. The van der Waals surface area contributed by atoms with Gasteiger partial charge in [-0.1, -0.05) is 35.4 Å². The number of phenols is 1. The van der Waals surface area contributed by atoms with Crippen molar-refractivity contribution in [1.82, 2.24) is 4.90 Å². The second kappa shape index (κ2) is 8.99. The van der Waals surface area contributed by atoms with Gasteiger partial charge < -0.3 is 9.84 Å². The first-order chi connectivity index (χ1) is 19.0. The third kappa shape index (κ3) is 3.41. The molecule has 11 heteroatoms. The quantitative estimate of drug-likeness (QED) is 0.427. The van der Waals surface area contributed by atoms with Gasteiger partial charge in [0.05, 0.1) is 41.0 Å². The number of carbonyl (C=O) groups excluding carboxylic acids is 5. The number of amides is 5. The molecule has 2 heterocycles. The van der Waals surface area contributed by atoms with E-state index in [1.807, 2.05) is 6.08 Å². The van der Waals surface area contributed by atoms with Gasteiger partial charge in [-0.05, 0) is 61.6 Å². The zero-order chi connectivity index (χ0) is 28.7. The summed E-state index contributed by atoms with van der Waals surface area (Å²) in [6, 6.07) is 9.89. The third-order valence-electron chi connectivity index (χ3n) is 9.02. The number of benzene rings is 2. The van der Waals surface area contributed by atoms with Gasteiger partial charge in [-0.25, -0.2) is 14.1 Å². The Hall–Kier alpha value is -4.05. The Morgan fingerprint density at radius 2 is 1.75 bits per heavy atom. The Bertz CT molecular complexity index is 1540. The lowest BCUT2D eigenvalue weighted by Crippen LogP contribution is -2.49. The summed E-state index contributed by atoms with van der Waals surface area (Å²) in [7, 11) is 1.08. The molecule has 0 spiro atoms. The number of methoxy groups -OCH3 is 1. The fourth-order valence-electron chi connectivity index (χ4n) is 7.20. The van der Waals surface area contributed by atoms with Crippen LogP contribution in [0.25, 0.3) is 0 Å². The van der Waals surface area contributed by atoms with Crippen LogP contribution in [-0.4, -0.2) is 46.8 Å². The summed E-state index contributed by atoms with van der Waals surface area (Å²) in [4.78, 5) is 68.7. The lowest BCUT2D eigenvalue weighted by atomic mass is 9.51. The van der Waals surface area contributed by atoms with Crippen LogP contribution in [-0.2, 0) is 23.9 Å². The van der Waals surface area contributed by atoms with Gasteiger partial charge in [-0.3, -0.25) is 19.2 Å². The minimum Gasteiger partial charge on any atom is -0.508 e. The molecule has 1 N–H and O–H groups in total. The summed E-state index contributed by atoms with van der Waals surface area (Å²) < 4.78 is 18.6. The molecule has 2 aromatic rings. The van der Waals surface area contributed by atoms with Crippen molar-refractivity contribution in [2.75, 3.05) is 12.0 Å². The number of halogens is 2. The van der Waals surface area contributed by atoms with E-state index in [-0.39, 0.29) is 29.3 Å². The Morgan fingerprint density at radius 3 is 2.40 bits per heavy atom. The normalized spacial score (nSPS) is 31.1. The largest absolute Gasteiger partial charge is 0.508 e. The van der Waals surface area contributed by atoms with Crippen molar-refractivity contribution < 1.29 is 38.2 Å². The van der Waals surface area contributed by atoms with E-state index < -0.39 is 70.5 Å². The summed E-state index contributed by atoms with van der Waals surface area (Å²) >= 11 is 5.99. The first-order valence-corrected chi connectivity index (χ1v) is 13.2. The van der Waals surface area contributed by atoms with Gasteiger partial charge in [0.25, 0.3) is 0 Å². The van der Waals surface area contributed by atoms with Crippen LogP contribution in [0.5, 0.6) is 5.75 Å². The van der Waals surface area contributed by atoms with Crippen molar-refractivity contribution >= 4 is 47.0 Å². The summed E-state index contributed by atoms with van der Waals surface area (Å²) in [5, 5.41) is 9.70. The van der Waals surface area contributed by atoms with E-state index in [2.05, 4.69) is 4.74 Å². The molecule has 5 amide bonds. The van der Waals surface area contributed by atoms with Crippen LogP contribution in [0, 0.1) is 34.9 Å². The minimum absolute atomic E-state index is 0.0113. The van der Waals surface area contributed by atoms with Gasteiger partial charge in [0.15, 0.2) is 0 Å². The maximum absolute atomic E-state index is 14.2. The number of carbonyl (C=O) groups is 5. The molecule has 2 aromatic carbocycles. The van der Waals surface area contributed by atoms with E-state index >= 15 is 0 Å². The predicted molar refractivity (Wildman–Crippen MR) is 138 cm³/mol. The molecular weight excluding hydrogens is 543 g/mol. The SMILES string of the molecule is COC(=O)N1C(=O)C2CC=C3C(CC4C(=O)N(c5ccc(F)c(Cl)c5)C(=O)C4(C)C3c3ccc(O)cc3)C2C1=O. The fourth-order valence-corrected chi connectivity index (χ4v) is 7.38. The molecule has 0 bridgehead atoms. The van der Waals surface area contributed by atoms with Crippen LogP contribution in [0.4, 0.5) is 14.9 Å². The highest BCUT2D eigenvalue weighted by atomic mass is 35.5. The van der Waals surface area contributed by atoms with Crippen molar-refractivity contribution in [3.05, 3.63) is 70.5 Å². The molecule has 2 saturated heterocycles. The number of phenolic OH excluding ortho intramolecular Hbond substituents is 1. The van der Waals surface area contributed by atoms with Gasteiger partial charge >= 0.3 is 6.09 Å². The Balaban J connectivity index is 1.50. The highest BCUT2D eigenvalue weighted by Gasteiger charge is 2.68. The van der Waals surface area contributed by atoms with Crippen molar-refractivity contribution in [2.45, 2.75) is 25.7 Å². The lowest BCUT2D eigenvalue weighted by Gasteiger charge is -2.49. The van der Waals surface area contributed by atoms with Gasteiger partial charge in [0, 0.05) is 5.92 Å². The molecule has 1 saturated carbocycles. The van der Waals surface area contributed by atoms with Crippen molar-refractivity contribution in [2.24, 2.45) is 29.1 Å². The number of allylic oxidation sites excluding steroid dienone is 2. The average Bonchev–Trinajstić information content (AvgIpc) is 3.30. The number of hydrogen-bond acceptors (Lipinski definition) is 7. The number of rotatable bonds is 2. The molecule has 2 aliphatic carbocycles. The van der Waals surface area contributed by atoms with Crippen LogP contribution in [0.2, 0.25) is 5.02 Å². The van der Waals surface area contributed by atoms with Crippen LogP contribution in [0.1, 0.15) is 31.2 Å². The number of anilines is 1. The molecule has 0 radical (unpaired) electrons. The molecular formula is C29H24ClFN2O7. The second-order valence-electron chi connectivity index (χ2n) is 10.8. The molecule has 2 aliphatic heterocycles. The van der Waals surface area contributed by atoms with Crippen molar-refractivity contribution in [3.8, 4) is 5.75 Å². The van der Waals surface area contributed by atoms with E-state index in [4.69, 9.17) is 11.6 Å². The molecule has 0 aromatic heterocycles. The molecule has 6 unspecified atom stereocenters. The number of fused-ring (bicyclic) bond motifs is 4. The highest BCUT2D eigenvalue weighted by Crippen LogP contribution is 2.63. The van der Waals surface area contributed by atoms with Gasteiger partial charge in [0.1, 0.15) is 11.6 Å². The number of hydrogen-bond donors (Lipinski definition) is 1. The molecule has 6 atom stereocenters. The van der Waals surface area contributed by atoms with Crippen molar-refractivity contribution in [3.63, 3.8) is 0 Å². The van der Waals surface area contributed by atoms with E-state index in [0.717, 1.165) is 23.6 Å². The van der Waals surface area contributed by atoms with E-state index in [1.54, 1.807) is 19.1 Å². The molecule has 206 valence electrons. The number of likely N-dealkylation sites (tertiary alicyclic amines) is 1. The van der Waals surface area contributed by atoms with E-state index in [9.17, 15) is 33.5 Å². The standard InChI is InChI=1S/C29H24ClFN2O7/c1-29-19(25(36)32(27(29)38)14-5-10-21(31)20(30)11-14)12-18-16(23(29)13-3-6-15(34)7-4-13)8-9-17-22(18)26(37)33(24(17)35)28(39)40-2/h3-8,10-11,17-19,22-23,34H,9,12H2,1-2H3. The number of nitrogens with zero attached hydrogens (tertiary/aromatic N) is 2. The summed E-state index contributed by atoms with van der Waals surface area (Å²) in [6.07, 6.45) is 1.03. The zero-order valence-electron chi connectivity index (χ0n) is 21.5. The number of ether oxygens (including phenoxy) is 1. The topological polar surface area (TPSA) is 121 Å². The average molecular weight is 567 g/mol. The molecule has 9 nitrogen and oxygen atoms in total. The van der Waals surface area contributed by atoms with Crippen LogP contribution >= 0.6 is 11.6 Å². The summed E-state index contributed by atoms with van der Waals surface area (Å²) in [6.45, 7) is 1.70. The zero-order valence-corrected chi connectivity index (χ0v) is 22.2. The van der Waals surface area contributed by atoms with Gasteiger partial charge in [0.2, 0.25) is 23.6 Å². The first-order valence-electron chi connectivity index (χ1n) is 12.8. The smallest absolute Gasteiger partial charge is 0.423 e. The first kappa shape index (κ1) is 26.2. The van der Waals surface area contributed by atoms with Gasteiger partial charge in [-0.15, -0.1) is 0 Å². The Kier molecular flexibility index (Phi) is 5.88. The summed E-state index contributed by atoms with van der Waals surface area (Å²) in [5.74, 6) is -6.98. The fraction of sp³-hybridized carbons (Fsp3) is 0.345. The van der Waals surface area contributed by atoms with Gasteiger partial charge in [-0.2, -0.15) is 4.90 Å². The molecule has 40 heavy (non-hydrogen) atoms. The monoisotopic (exact) mass is 566 g/mol. The highest BCUT2D eigenvalue weighted by molar-refractivity contribution is 6.31. The van der Waals surface area contributed by atoms with Crippen molar-refractivity contribution in [1.29, 1.82) is 0 Å². The Morgan fingerprint density at radius 1 is 1.05 bits per heavy atom. The maximum Gasteiger partial charge on any atom is 0.423 e. The predicted octanol–water partition coefficient (Wildman–Crippen LogP) is 4.18. The van der Waals surface area contributed by atoms with Crippen LogP contribution < -0.4 is 4.90 Å². The maximum atomic E-state index is 14.2. The summed E-state index contributed by atoms with van der Waals surface area (Å²) in [5.41, 5.74) is 0.179. The number of aromatic hydroxyl groups is 1. The molecule has 3 fully saturated rings.